The average Bonchev–Trinajstić information content (AvgIpc) is 2.90. The van der Waals surface area contributed by atoms with Crippen LogP contribution in [0, 0.1) is 10.1 Å². The predicted molar refractivity (Wildman–Crippen MR) is 74.3 cm³/mol. The van der Waals surface area contributed by atoms with Crippen molar-refractivity contribution in [2.75, 3.05) is 0 Å². The second kappa shape index (κ2) is 6.48. The number of para-hydroxylation sites is 1. The van der Waals surface area contributed by atoms with Gasteiger partial charge in [-0.15, -0.1) is 0 Å². The fourth-order valence-electron chi connectivity index (χ4n) is 1.79. The van der Waals surface area contributed by atoms with E-state index in [0.717, 1.165) is 17.1 Å². The van der Waals surface area contributed by atoms with Crippen molar-refractivity contribution in [1.29, 1.82) is 0 Å². The highest BCUT2D eigenvalue weighted by Gasteiger charge is 2.39. The average molecular weight is 342 g/mol. The minimum Gasteiger partial charge on any atom is -0.313 e. The van der Waals surface area contributed by atoms with Gasteiger partial charge in [-0.05, 0) is 6.07 Å². The van der Waals surface area contributed by atoms with Crippen LogP contribution in [0.1, 0.15) is 21.6 Å². The van der Waals surface area contributed by atoms with Crippen LogP contribution >= 0.6 is 0 Å². The number of alkyl halides is 3. The number of nitro groups is 1. The first-order chi connectivity index (χ1) is 11.2. The third kappa shape index (κ3) is 3.74. The van der Waals surface area contributed by atoms with Crippen LogP contribution in [0.5, 0.6) is 0 Å². The molecule has 1 heterocycles. The minimum absolute atomic E-state index is 0.0255. The molecule has 0 atom stereocenters. The van der Waals surface area contributed by atoms with Crippen molar-refractivity contribution in [2.24, 2.45) is 12.2 Å². The van der Waals surface area contributed by atoms with Crippen LogP contribution in [-0.2, 0) is 18.1 Å². The number of carbonyl (C=O) groups is 1. The molecule has 24 heavy (non-hydrogen) atoms. The van der Waals surface area contributed by atoms with Crippen LogP contribution in [0.15, 0.2) is 35.6 Å². The summed E-state index contributed by atoms with van der Waals surface area (Å²) < 4.78 is 39.1. The highest BCUT2D eigenvalue weighted by molar-refractivity contribution is 5.91. The number of aromatic nitrogens is 2. The minimum atomic E-state index is -4.84. The number of nitro benzene ring substituents is 1. The van der Waals surface area contributed by atoms with Gasteiger partial charge in [-0.25, -0.2) is 4.79 Å². The summed E-state index contributed by atoms with van der Waals surface area (Å²) in [5.41, 5.74) is -2.49. The molecule has 0 aliphatic carbocycles. The summed E-state index contributed by atoms with van der Waals surface area (Å²) >= 11 is 0. The van der Waals surface area contributed by atoms with Crippen molar-refractivity contribution < 1.29 is 27.7 Å². The zero-order valence-electron chi connectivity index (χ0n) is 12.0. The molecular formula is C13H9F3N4O4. The molecule has 8 nitrogen and oxygen atoms in total. The monoisotopic (exact) mass is 342 g/mol. The van der Waals surface area contributed by atoms with Gasteiger partial charge in [0.25, 0.3) is 5.69 Å². The molecule has 0 saturated heterocycles. The second-order valence-corrected chi connectivity index (χ2v) is 4.49. The van der Waals surface area contributed by atoms with Gasteiger partial charge in [0.05, 0.1) is 16.7 Å². The van der Waals surface area contributed by atoms with Gasteiger partial charge in [-0.2, -0.15) is 18.3 Å². The zero-order valence-corrected chi connectivity index (χ0v) is 12.0. The van der Waals surface area contributed by atoms with Crippen LogP contribution in [-0.4, -0.2) is 26.9 Å². The highest BCUT2D eigenvalue weighted by atomic mass is 19.4. The summed E-state index contributed by atoms with van der Waals surface area (Å²) in [7, 11) is 1.21. The summed E-state index contributed by atoms with van der Waals surface area (Å²) in [6.45, 7) is 0. The van der Waals surface area contributed by atoms with Crippen LogP contribution in [0.4, 0.5) is 18.9 Å². The predicted octanol–water partition coefficient (Wildman–Crippen LogP) is 2.54. The summed E-state index contributed by atoms with van der Waals surface area (Å²) in [4.78, 5) is 26.2. The van der Waals surface area contributed by atoms with Gasteiger partial charge >= 0.3 is 12.1 Å². The normalized spacial score (nSPS) is 11.7. The van der Waals surface area contributed by atoms with Gasteiger partial charge in [0.2, 0.25) is 0 Å². The molecule has 0 aliphatic rings. The maximum absolute atomic E-state index is 12.8. The molecule has 0 saturated carbocycles. The van der Waals surface area contributed by atoms with E-state index >= 15 is 0 Å². The van der Waals surface area contributed by atoms with Gasteiger partial charge in [0.1, 0.15) is 5.56 Å². The topological polar surface area (TPSA) is 99.6 Å². The van der Waals surface area contributed by atoms with E-state index in [4.69, 9.17) is 0 Å². The first-order valence-corrected chi connectivity index (χ1v) is 6.29. The maximum atomic E-state index is 12.8. The van der Waals surface area contributed by atoms with E-state index < -0.39 is 28.3 Å². The molecule has 1 aromatic heterocycles. The molecule has 11 heteroatoms. The molecular weight excluding hydrogens is 333 g/mol. The molecule has 0 bridgehead atoms. The number of hydrogen-bond donors (Lipinski definition) is 0. The molecule has 0 radical (unpaired) electrons. The van der Waals surface area contributed by atoms with Crippen molar-refractivity contribution in [1.82, 2.24) is 9.78 Å². The number of carbonyl (C=O) groups excluding carboxylic acids is 1. The highest BCUT2D eigenvalue weighted by Crippen LogP contribution is 2.30. The Morgan fingerprint density at radius 3 is 2.71 bits per heavy atom. The number of benzene rings is 1. The van der Waals surface area contributed by atoms with E-state index in [-0.39, 0.29) is 11.3 Å². The van der Waals surface area contributed by atoms with Crippen molar-refractivity contribution >= 4 is 17.9 Å². The van der Waals surface area contributed by atoms with Crippen molar-refractivity contribution in [3.63, 3.8) is 0 Å². The SMILES string of the molecule is Cn1cc(C(=O)O/N=C/c2ccccc2[N+](=O)[O-])c(C(F)(F)F)n1. The van der Waals surface area contributed by atoms with E-state index in [9.17, 15) is 28.1 Å². The van der Waals surface area contributed by atoms with Crippen LogP contribution in [0.25, 0.3) is 0 Å². The van der Waals surface area contributed by atoms with Crippen molar-refractivity contribution in [3.8, 4) is 0 Å². The molecule has 2 aromatic rings. The Morgan fingerprint density at radius 1 is 1.42 bits per heavy atom. The van der Waals surface area contributed by atoms with E-state index in [1.165, 1.54) is 31.3 Å². The molecule has 0 spiro atoms. The number of rotatable bonds is 4. The lowest BCUT2D eigenvalue weighted by atomic mass is 10.2. The first-order valence-electron chi connectivity index (χ1n) is 6.29. The standard InChI is InChI=1S/C13H9F3N4O4/c1-19-7-9(11(18-19)13(14,15)16)12(21)24-17-6-8-4-2-3-5-10(8)20(22)23/h2-7H,1H3/b17-6+. The first kappa shape index (κ1) is 17.1. The Bertz CT molecular complexity index is 814. The van der Waals surface area contributed by atoms with Crippen LogP contribution in [0.2, 0.25) is 0 Å². The van der Waals surface area contributed by atoms with E-state index in [0.29, 0.717) is 0 Å². The van der Waals surface area contributed by atoms with Crippen molar-refractivity contribution in [3.05, 3.63) is 57.4 Å². The third-order valence-electron chi connectivity index (χ3n) is 2.78. The Balaban J connectivity index is 2.19. The Labute approximate surface area is 132 Å². The van der Waals surface area contributed by atoms with Gasteiger partial charge in [-0.3, -0.25) is 14.8 Å². The van der Waals surface area contributed by atoms with Gasteiger partial charge in [-0.1, -0.05) is 17.3 Å². The van der Waals surface area contributed by atoms with Gasteiger partial charge in [0, 0.05) is 19.3 Å². The number of nitrogens with zero attached hydrogens (tertiary/aromatic N) is 4. The smallest absolute Gasteiger partial charge is 0.313 e. The van der Waals surface area contributed by atoms with Crippen LogP contribution < -0.4 is 0 Å². The second-order valence-electron chi connectivity index (χ2n) is 4.49. The number of hydrogen-bond acceptors (Lipinski definition) is 6. The number of oxime groups is 1. The number of aryl methyl sites for hydroxylation is 1. The fourth-order valence-corrected chi connectivity index (χ4v) is 1.79. The van der Waals surface area contributed by atoms with Crippen LogP contribution in [0.3, 0.4) is 0 Å². The summed E-state index contributed by atoms with van der Waals surface area (Å²) in [6, 6.07) is 5.44. The molecule has 0 fully saturated rings. The molecule has 0 unspecified atom stereocenters. The summed E-state index contributed by atoms with van der Waals surface area (Å²) in [5, 5.41) is 17.2. The fraction of sp³-hybridized carbons (Fsp3) is 0.154. The Kier molecular flexibility index (Phi) is 4.62. The van der Waals surface area contributed by atoms with E-state index in [1.54, 1.807) is 0 Å². The molecule has 1 aromatic carbocycles. The lowest BCUT2D eigenvalue weighted by Gasteiger charge is -2.03. The molecule has 0 aliphatic heterocycles. The maximum Gasteiger partial charge on any atom is 0.436 e. The lowest BCUT2D eigenvalue weighted by Crippen LogP contribution is -2.13. The van der Waals surface area contributed by atoms with Crippen molar-refractivity contribution in [2.45, 2.75) is 6.18 Å². The summed E-state index contributed by atoms with van der Waals surface area (Å²) in [6.07, 6.45) is -3.14. The van der Waals surface area contributed by atoms with E-state index in [2.05, 4.69) is 15.1 Å². The van der Waals surface area contributed by atoms with E-state index in [1.807, 2.05) is 0 Å². The lowest BCUT2D eigenvalue weighted by molar-refractivity contribution is -0.385. The number of halogens is 3. The molecule has 2 rings (SSSR count). The molecule has 0 amide bonds. The zero-order chi connectivity index (χ0) is 17.9. The third-order valence-corrected chi connectivity index (χ3v) is 2.78. The summed E-state index contributed by atoms with van der Waals surface area (Å²) in [5.74, 6) is -1.38. The quantitative estimate of drug-likeness (QED) is 0.368. The molecule has 126 valence electrons. The largest absolute Gasteiger partial charge is 0.436 e. The van der Waals surface area contributed by atoms with Gasteiger partial charge < -0.3 is 4.84 Å². The van der Waals surface area contributed by atoms with Gasteiger partial charge in [0.15, 0.2) is 5.69 Å². The Hall–Kier alpha value is -3.24. The molecule has 0 N–H and O–H groups in total. The Morgan fingerprint density at radius 2 is 2.08 bits per heavy atom.